The average Bonchev–Trinajstić information content (AvgIpc) is 2.11. The van der Waals surface area contributed by atoms with Gasteiger partial charge in [-0.1, -0.05) is 0 Å². The number of hydrogen-bond acceptors (Lipinski definition) is 0. The highest BCUT2D eigenvalue weighted by atomic mass is 19.1. The highest BCUT2D eigenvalue weighted by Gasteiger charge is 2.01. The molecule has 0 aromatic heterocycles. The van der Waals surface area contributed by atoms with Crippen LogP contribution in [0.1, 0.15) is 18.9 Å². The van der Waals surface area contributed by atoms with Crippen LogP contribution in [0.3, 0.4) is 0 Å². The van der Waals surface area contributed by atoms with E-state index in [1.807, 2.05) is 0 Å². The molecular weight excluding hydrogens is 170 g/mol. The summed E-state index contributed by atoms with van der Waals surface area (Å²) in [5, 5.41) is 0. The zero-order valence-corrected chi connectivity index (χ0v) is 7.40. The molecule has 0 nitrogen and oxygen atoms in total. The van der Waals surface area contributed by atoms with Gasteiger partial charge in [0.05, 0.1) is 0 Å². The SMILES string of the molecule is CC#CCCc1cc(F)ccc1F. The second-order valence-corrected chi connectivity index (χ2v) is 2.66. The Bertz CT molecular complexity index is 345. The van der Waals surface area contributed by atoms with E-state index in [9.17, 15) is 8.78 Å². The van der Waals surface area contributed by atoms with Crippen LogP contribution in [0.2, 0.25) is 0 Å². The second kappa shape index (κ2) is 4.61. The van der Waals surface area contributed by atoms with Crippen molar-refractivity contribution in [2.75, 3.05) is 0 Å². The average molecular weight is 180 g/mol. The Morgan fingerprint density at radius 1 is 1.31 bits per heavy atom. The Morgan fingerprint density at radius 2 is 2.08 bits per heavy atom. The maximum atomic E-state index is 13.0. The first-order chi connectivity index (χ1) is 6.24. The molecular formula is C11H10F2. The maximum absolute atomic E-state index is 13.0. The van der Waals surface area contributed by atoms with Crippen LogP contribution in [0.15, 0.2) is 18.2 Å². The predicted molar refractivity (Wildman–Crippen MR) is 48.1 cm³/mol. The lowest BCUT2D eigenvalue weighted by Gasteiger charge is -1.99. The first kappa shape index (κ1) is 9.73. The van der Waals surface area contributed by atoms with E-state index >= 15 is 0 Å². The van der Waals surface area contributed by atoms with Gasteiger partial charge in [-0.15, -0.1) is 11.8 Å². The van der Waals surface area contributed by atoms with Gasteiger partial charge in [-0.05, 0) is 37.1 Å². The lowest BCUT2D eigenvalue weighted by Crippen LogP contribution is -1.91. The van der Waals surface area contributed by atoms with Crippen LogP contribution in [0.5, 0.6) is 0 Å². The lowest BCUT2D eigenvalue weighted by atomic mass is 10.1. The van der Waals surface area contributed by atoms with Crippen molar-refractivity contribution in [1.82, 2.24) is 0 Å². The molecule has 1 aromatic rings. The number of aryl methyl sites for hydroxylation is 1. The Hall–Kier alpha value is -1.36. The summed E-state index contributed by atoms with van der Waals surface area (Å²) in [7, 11) is 0. The van der Waals surface area contributed by atoms with Crippen LogP contribution < -0.4 is 0 Å². The van der Waals surface area contributed by atoms with Gasteiger partial charge in [0.25, 0.3) is 0 Å². The molecule has 2 heteroatoms. The van der Waals surface area contributed by atoms with Crippen LogP contribution in [0.25, 0.3) is 0 Å². The van der Waals surface area contributed by atoms with Gasteiger partial charge >= 0.3 is 0 Å². The minimum absolute atomic E-state index is 0.362. The smallest absolute Gasteiger partial charge is 0.126 e. The van der Waals surface area contributed by atoms with Gasteiger partial charge in [0, 0.05) is 6.42 Å². The Morgan fingerprint density at radius 3 is 2.77 bits per heavy atom. The molecule has 0 aliphatic rings. The summed E-state index contributed by atoms with van der Waals surface area (Å²) in [5.41, 5.74) is 0.391. The highest BCUT2D eigenvalue weighted by molar-refractivity contribution is 5.19. The Kier molecular flexibility index (Phi) is 3.45. The van der Waals surface area contributed by atoms with Gasteiger partial charge in [0.1, 0.15) is 11.6 Å². The molecule has 0 N–H and O–H groups in total. The largest absolute Gasteiger partial charge is 0.207 e. The van der Waals surface area contributed by atoms with Crippen molar-refractivity contribution in [3.8, 4) is 11.8 Å². The summed E-state index contributed by atoms with van der Waals surface area (Å²) < 4.78 is 25.6. The monoisotopic (exact) mass is 180 g/mol. The number of hydrogen-bond donors (Lipinski definition) is 0. The van der Waals surface area contributed by atoms with Gasteiger partial charge < -0.3 is 0 Å². The minimum atomic E-state index is -0.402. The number of halogens is 2. The van der Waals surface area contributed by atoms with Crippen LogP contribution in [0.4, 0.5) is 8.78 Å². The van der Waals surface area contributed by atoms with Crippen molar-refractivity contribution in [3.05, 3.63) is 35.4 Å². The summed E-state index contributed by atoms with van der Waals surface area (Å²) in [6.07, 6.45) is 1.03. The molecule has 0 unspecified atom stereocenters. The normalized spacial score (nSPS) is 9.15. The maximum Gasteiger partial charge on any atom is 0.126 e. The zero-order chi connectivity index (χ0) is 9.68. The summed E-state index contributed by atoms with van der Waals surface area (Å²) in [4.78, 5) is 0. The first-order valence-corrected chi connectivity index (χ1v) is 4.07. The van der Waals surface area contributed by atoms with Gasteiger partial charge in [0.2, 0.25) is 0 Å². The third-order valence-electron chi connectivity index (χ3n) is 1.70. The lowest BCUT2D eigenvalue weighted by molar-refractivity contribution is 0.585. The summed E-state index contributed by atoms with van der Waals surface area (Å²) in [6.45, 7) is 1.72. The van der Waals surface area contributed by atoms with Crippen LogP contribution in [-0.4, -0.2) is 0 Å². The van der Waals surface area contributed by atoms with Crippen molar-refractivity contribution in [3.63, 3.8) is 0 Å². The van der Waals surface area contributed by atoms with E-state index in [0.29, 0.717) is 18.4 Å². The van der Waals surface area contributed by atoms with E-state index < -0.39 is 5.82 Å². The van der Waals surface area contributed by atoms with Crippen molar-refractivity contribution in [2.24, 2.45) is 0 Å². The summed E-state index contributed by atoms with van der Waals surface area (Å²) in [5.74, 6) is 4.75. The van der Waals surface area contributed by atoms with Gasteiger partial charge in [-0.25, -0.2) is 8.78 Å². The van der Waals surface area contributed by atoms with Crippen molar-refractivity contribution >= 4 is 0 Å². The zero-order valence-electron chi connectivity index (χ0n) is 7.40. The second-order valence-electron chi connectivity index (χ2n) is 2.66. The molecule has 13 heavy (non-hydrogen) atoms. The molecule has 0 spiro atoms. The molecule has 0 amide bonds. The summed E-state index contributed by atoms with van der Waals surface area (Å²) in [6, 6.07) is 3.47. The fourth-order valence-corrected chi connectivity index (χ4v) is 1.06. The molecule has 1 rings (SSSR count). The number of rotatable bonds is 2. The topological polar surface area (TPSA) is 0 Å². The van der Waals surface area contributed by atoms with E-state index in [4.69, 9.17) is 0 Å². The van der Waals surface area contributed by atoms with E-state index in [1.54, 1.807) is 6.92 Å². The van der Waals surface area contributed by atoms with Crippen LogP contribution in [-0.2, 0) is 6.42 Å². The Labute approximate surface area is 76.6 Å². The third-order valence-corrected chi connectivity index (χ3v) is 1.70. The van der Waals surface area contributed by atoms with E-state index in [2.05, 4.69) is 11.8 Å². The molecule has 0 aliphatic heterocycles. The first-order valence-electron chi connectivity index (χ1n) is 4.07. The molecule has 0 aliphatic carbocycles. The van der Waals surface area contributed by atoms with E-state index in [1.165, 1.54) is 6.07 Å². The number of benzene rings is 1. The van der Waals surface area contributed by atoms with Crippen LogP contribution >= 0.6 is 0 Å². The van der Waals surface area contributed by atoms with Crippen molar-refractivity contribution in [1.29, 1.82) is 0 Å². The molecule has 0 atom stereocenters. The van der Waals surface area contributed by atoms with Gasteiger partial charge in [-0.2, -0.15) is 0 Å². The van der Waals surface area contributed by atoms with Crippen molar-refractivity contribution < 1.29 is 8.78 Å². The summed E-state index contributed by atoms with van der Waals surface area (Å²) >= 11 is 0. The standard InChI is InChI=1S/C11H10F2/c1-2-3-4-5-9-8-10(12)6-7-11(9)13/h6-8H,4-5H2,1H3. The Balaban J connectivity index is 2.73. The molecule has 0 fully saturated rings. The van der Waals surface area contributed by atoms with Gasteiger partial charge in [-0.3, -0.25) is 0 Å². The fraction of sp³-hybridized carbons (Fsp3) is 0.273. The molecule has 0 saturated carbocycles. The molecule has 1 aromatic carbocycles. The predicted octanol–water partition coefficient (Wildman–Crippen LogP) is 2.92. The van der Waals surface area contributed by atoms with Gasteiger partial charge in [0.15, 0.2) is 0 Å². The molecule has 0 saturated heterocycles. The third kappa shape index (κ3) is 2.87. The minimum Gasteiger partial charge on any atom is -0.207 e. The van der Waals surface area contributed by atoms with Crippen LogP contribution in [0, 0.1) is 23.5 Å². The van der Waals surface area contributed by atoms with E-state index in [0.717, 1.165) is 12.1 Å². The molecule has 68 valence electrons. The fourth-order valence-electron chi connectivity index (χ4n) is 1.06. The van der Waals surface area contributed by atoms with E-state index in [-0.39, 0.29) is 5.82 Å². The quantitative estimate of drug-likeness (QED) is 0.614. The molecule has 0 heterocycles. The molecule has 0 radical (unpaired) electrons. The van der Waals surface area contributed by atoms with Crippen molar-refractivity contribution in [2.45, 2.75) is 19.8 Å². The molecule has 0 bridgehead atoms. The highest BCUT2D eigenvalue weighted by Crippen LogP contribution is 2.11.